The van der Waals surface area contributed by atoms with E-state index in [9.17, 15) is 14.0 Å². The molecule has 0 saturated carbocycles. The molecule has 0 spiro atoms. The molecule has 0 aromatic heterocycles. The van der Waals surface area contributed by atoms with E-state index in [0.29, 0.717) is 10.0 Å². The maximum atomic E-state index is 12.9. The third-order valence-electron chi connectivity index (χ3n) is 2.15. The van der Waals surface area contributed by atoms with E-state index in [2.05, 4.69) is 15.9 Å². The molecule has 5 nitrogen and oxygen atoms in total. The number of rotatable bonds is 6. The van der Waals surface area contributed by atoms with Crippen LogP contribution in [0, 0.1) is 5.82 Å². The van der Waals surface area contributed by atoms with Gasteiger partial charge in [0.15, 0.2) is 0 Å². The van der Waals surface area contributed by atoms with Crippen LogP contribution in [0.15, 0.2) is 22.7 Å². The third-order valence-corrected chi connectivity index (χ3v) is 2.89. The first-order valence-corrected chi connectivity index (χ1v) is 5.84. The third kappa shape index (κ3) is 4.80. The van der Waals surface area contributed by atoms with Crippen LogP contribution in [0.3, 0.4) is 0 Å². The number of carbonyl (C=O) groups excluding carboxylic acids is 1. The monoisotopic (exact) mass is 318 g/mol. The number of carboxylic acids is 1. The number of carboxylic acid groups (broad SMARTS) is 1. The maximum Gasteiger partial charge on any atom is 0.317 e. The van der Waals surface area contributed by atoms with Gasteiger partial charge in [-0.2, -0.15) is 0 Å². The average Bonchev–Trinajstić information content (AvgIpc) is 2.20. The molecule has 1 rings (SSSR count). The van der Waals surface area contributed by atoms with E-state index in [1.165, 1.54) is 23.1 Å². The quantitative estimate of drug-likeness (QED) is 0.818. The van der Waals surface area contributed by atoms with Gasteiger partial charge in [-0.3, -0.25) is 14.5 Å². The van der Waals surface area contributed by atoms with E-state index < -0.39 is 17.7 Å². The standard InChI is InChI=1S/C11H12BrFN2O3/c12-9-3-8(13)2-1-7(9)4-15(5-10(14)16)6-11(17)18/h1-3H,4-6H2,(H2,14,16)(H,17,18). The minimum atomic E-state index is -1.06. The van der Waals surface area contributed by atoms with Crippen molar-refractivity contribution in [3.8, 4) is 0 Å². The normalized spacial score (nSPS) is 10.6. The molecule has 0 atom stereocenters. The van der Waals surface area contributed by atoms with E-state index in [0.717, 1.165) is 0 Å². The zero-order valence-corrected chi connectivity index (χ0v) is 11.0. The Morgan fingerprint density at radius 2 is 2.06 bits per heavy atom. The number of hydrogen-bond acceptors (Lipinski definition) is 3. The Kier molecular flexibility index (Phi) is 5.24. The van der Waals surface area contributed by atoms with Crippen LogP contribution in [-0.4, -0.2) is 35.0 Å². The maximum absolute atomic E-state index is 12.9. The van der Waals surface area contributed by atoms with Gasteiger partial charge in [0.2, 0.25) is 5.91 Å². The summed E-state index contributed by atoms with van der Waals surface area (Å²) >= 11 is 3.18. The number of aliphatic carboxylic acids is 1. The highest BCUT2D eigenvalue weighted by Crippen LogP contribution is 2.19. The highest BCUT2D eigenvalue weighted by Gasteiger charge is 2.14. The molecule has 1 aromatic rings. The summed E-state index contributed by atoms with van der Waals surface area (Å²) in [4.78, 5) is 22.9. The number of amides is 1. The lowest BCUT2D eigenvalue weighted by Gasteiger charge is -2.19. The van der Waals surface area contributed by atoms with Crippen molar-refractivity contribution in [2.45, 2.75) is 6.54 Å². The summed E-state index contributed by atoms with van der Waals surface area (Å²) in [6, 6.07) is 4.07. The average molecular weight is 319 g/mol. The number of carbonyl (C=O) groups is 2. The van der Waals surface area contributed by atoms with E-state index in [1.54, 1.807) is 0 Å². The van der Waals surface area contributed by atoms with Gasteiger partial charge in [-0.15, -0.1) is 0 Å². The van der Waals surface area contributed by atoms with Crippen LogP contribution in [0.5, 0.6) is 0 Å². The van der Waals surface area contributed by atoms with Crippen LogP contribution in [0.4, 0.5) is 4.39 Å². The van der Waals surface area contributed by atoms with Gasteiger partial charge in [0.25, 0.3) is 0 Å². The highest BCUT2D eigenvalue weighted by atomic mass is 79.9. The zero-order chi connectivity index (χ0) is 13.7. The van der Waals surface area contributed by atoms with Gasteiger partial charge in [-0.1, -0.05) is 22.0 Å². The summed E-state index contributed by atoms with van der Waals surface area (Å²) < 4.78 is 13.4. The minimum absolute atomic E-state index is 0.171. The second-order valence-electron chi connectivity index (χ2n) is 3.74. The van der Waals surface area contributed by atoms with Crippen molar-refractivity contribution in [2.75, 3.05) is 13.1 Å². The Morgan fingerprint density at radius 1 is 1.39 bits per heavy atom. The lowest BCUT2D eigenvalue weighted by atomic mass is 10.2. The van der Waals surface area contributed by atoms with E-state index in [-0.39, 0.29) is 19.6 Å². The van der Waals surface area contributed by atoms with Crippen LogP contribution in [0.25, 0.3) is 0 Å². The van der Waals surface area contributed by atoms with Crippen LogP contribution < -0.4 is 5.73 Å². The van der Waals surface area contributed by atoms with Crippen molar-refractivity contribution >= 4 is 27.8 Å². The summed E-state index contributed by atoms with van der Waals surface area (Å²) in [6.45, 7) is -0.293. The number of nitrogens with two attached hydrogens (primary N) is 1. The largest absolute Gasteiger partial charge is 0.480 e. The SMILES string of the molecule is NC(=O)CN(CC(=O)O)Cc1ccc(F)cc1Br. The first kappa shape index (κ1) is 14.6. The van der Waals surface area contributed by atoms with Gasteiger partial charge in [0.05, 0.1) is 13.1 Å². The van der Waals surface area contributed by atoms with Crippen LogP contribution in [0.2, 0.25) is 0 Å². The molecule has 1 aromatic carbocycles. The molecule has 98 valence electrons. The van der Waals surface area contributed by atoms with Crippen molar-refractivity contribution in [1.29, 1.82) is 0 Å². The van der Waals surface area contributed by atoms with Crippen molar-refractivity contribution in [3.63, 3.8) is 0 Å². The smallest absolute Gasteiger partial charge is 0.317 e. The highest BCUT2D eigenvalue weighted by molar-refractivity contribution is 9.10. The molecule has 0 radical (unpaired) electrons. The molecule has 0 aliphatic carbocycles. The fourth-order valence-electron chi connectivity index (χ4n) is 1.47. The van der Waals surface area contributed by atoms with Crippen molar-refractivity contribution < 1.29 is 19.1 Å². The van der Waals surface area contributed by atoms with Gasteiger partial charge in [-0.05, 0) is 17.7 Å². The van der Waals surface area contributed by atoms with Gasteiger partial charge < -0.3 is 10.8 Å². The molecule has 0 aliphatic heterocycles. The van der Waals surface area contributed by atoms with Crippen LogP contribution in [-0.2, 0) is 16.1 Å². The number of hydrogen-bond donors (Lipinski definition) is 2. The first-order valence-electron chi connectivity index (χ1n) is 5.05. The van der Waals surface area contributed by atoms with Crippen molar-refractivity contribution in [3.05, 3.63) is 34.1 Å². The fourth-order valence-corrected chi connectivity index (χ4v) is 1.95. The number of halogens is 2. The second-order valence-corrected chi connectivity index (χ2v) is 4.60. The fraction of sp³-hybridized carbons (Fsp3) is 0.273. The van der Waals surface area contributed by atoms with E-state index in [1.807, 2.05) is 0 Å². The molecule has 18 heavy (non-hydrogen) atoms. The lowest BCUT2D eigenvalue weighted by molar-refractivity contribution is -0.138. The second kappa shape index (κ2) is 6.46. The summed E-state index contributed by atoms with van der Waals surface area (Å²) in [5.41, 5.74) is 5.72. The first-order chi connectivity index (χ1) is 8.38. The van der Waals surface area contributed by atoms with Crippen LogP contribution >= 0.6 is 15.9 Å². The Bertz CT molecular complexity index is 452. The number of primary amides is 1. The molecule has 0 aliphatic rings. The van der Waals surface area contributed by atoms with Gasteiger partial charge >= 0.3 is 5.97 Å². The molecule has 7 heteroatoms. The molecule has 3 N–H and O–H groups in total. The van der Waals surface area contributed by atoms with E-state index >= 15 is 0 Å². The lowest BCUT2D eigenvalue weighted by Crippen LogP contribution is -2.36. The Balaban J connectivity index is 2.81. The Labute approximate surface area is 112 Å². The summed E-state index contributed by atoms with van der Waals surface area (Å²) in [5.74, 6) is -2.07. The minimum Gasteiger partial charge on any atom is -0.480 e. The number of nitrogens with zero attached hydrogens (tertiary/aromatic N) is 1. The molecule has 0 bridgehead atoms. The molecular formula is C11H12BrFN2O3. The molecule has 1 amide bonds. The summed E-state index contributed by atoms with van der Waals surface area (Å²) in [7, 11) is 0. The van der Waals surface area contributed by atoms with Gasteiger partial charge in [-0.25, -0.2) is 4.39 Å². The predicted octanol–water partition coefficient (Wildman–Crippen LogP) is 0.960. The number of benzene rings is 1. The summed E-state index contributed by atoms with van der Waals surface area (Å²) in [5, 5.41) is 8.72. The summed E-state index contributed by atoms with van der Waals surface area (Å²) in [6.07, 6.45) is 0. The topological polar surface area (TPSA) is 83.6 Å². The van der Waals surface area contributed by atoms with Gasteiger partial charge in [0.1, 0.15) is 5.82 Å². The molecule has 0 saturated heterocycles. The van der Waals surface area contributed by atoms with Gasteiger partial charge in [0, 0.05) is 11.0 Å². The van der Waals surface area contributed by atoms with E-state index in [4.69, 9.17) is 10.8 Å². The molecule has 0 unspecified atom stereocenters. The molecular weight excluding hydrogens is 307 g/mol. The predicted molar refractivity (Wildman–Crippen MR) is 66.2 cm³/mol. The Morgan fingerprint density at radius 3 is 2.56 bits per heavy atom. The zero-order valence-electron chi connectivity index (χ0n) is 9.40. The molecule has 0 heterocycles. The Hall–Kier alpha value is -1.47. The van der Waals surface area contributed by atoms with Crippen molar-refractivity contribution in [2.24, 2.45) is 5.73 Å². The van der Waals surface area contributed by atoms with Crippen molar-refractivity contribution in [1.82, 2.24) is 4.90 Å². The van der Waals surface area contributed by atoms with Crippen LogP contribution in [0.1, 0.15) is 5.56 Å². The molecule has 0 fully saturated rings.